The molecule has 29 heavy (non-hydrogen) atoms. The van der Waals surface area contributed by atoms with Gasteiger partial charge in [0.25, 0.3) is 0 Å². The van der Waals surface area contributed by atoms with Crippen LogP contribution in [0, 0.1) is 12.7 Å². The Labute approximate surface area is 172 Å². The Balaban J connectivity index is 1.78. The Morgan fingerprint density at radius 2 is 1.86 bits per heavy atom. The van der Waals surface area contributed by atoms with Crippen molar-refractivity contribution in [1.82, 2.24) is 10.2 Å². The fraction of sp³-hybridized carbons (Fsp3) is 0.417. The summed E-state index contributed by atoms with van der Waals surface area (Å²) in [6.07, 6.45) is 4.15. The minimum Gasteiger partial charge on any atom is -0.352 e. The van der Waals surface area contributed by atoms with Crippen molar-refractivity contribution in [2.24, 2.45) is 0 Å². The van der Waals surface area contributed by atoms with E-state index in [4.69, 9.17) is 0 Å². The summed E-state index contributed by atoms with van der Waals surface area (Å²) < 4.78 is 14.1. The Bertz CT molecular complexity index is 861. The van der Waals surface area contributed by atoms with Gasteiger partial charge in [-0.1, -0.05) is 60.9 Å². The van der Waals surface area contributed by atoms with Crippen LogP contribution in [-0.4, -0.2) is 28.8 Å². The number of aryl methyl sites for hydroxylation is 1. The van der Waals surface area contributed by atoms with Crippen LogP contribution in [0.15, 0.2) is 48.5 Å². The van der Waals surface area contributed by atoms with E-state index < -0.39 is 11.9 Å². The van der Waals surface area contributed by atoms with Gasteiger partial charge < -0.3 is 10.2 Å². The van der Waals surface area contributed by atoms with Crippen LogP contribution < -0.4 is 5.32 Å². The lowest BCUT2D eigenvalue weighted by Crippen LogP contribution is -2.50. The summed E-state index contributed by atoms with van der Waals surface area (Å²) in [5.41, 5.74) is 2.38. The van der Waals surface area contributed by atoms with Crippen molar-refractivity contribution in [1.29, 1.82) is 0 Å². The second-order valence-electron chi connectivity index (χ2n) is 7.94. The monoisotopic (exact) mass is 396 g/mol. The number of amides is 2. The first-order valence-electron chi connectivity index (χ1n) is 10.3. The normalized spacial score (nSPS) is 15.1. The third kappa shape index (κ3) is 5.66. The minimum absolute atomic E-state index is 0.0699. The maximum absolute atomic E-state index is 14.1. The van der Waals surface area contributed by atoms with E-state index in [-0.39, 0.29) is 24.3 Å². The predicted molar refractivity (Wildman–Crippen MR) is 112 cm³/mol. The largest absolute Gasteiger partial charge is 0.352 e. The lowest BCUT2D eigenvalue weighted by atomic mass is 10.1. The van der Waals surface area contributed by atoms with E-state index in [0.717, 1.165) is 36.8 Å². The summed E-state index contributed by atoms with van der Waals surface area (Å²) in [4.78, 5) is 27.5. The number of nitrogens with one attached hydrogen (secondary N) is 1. The maximum Gasteiger partial charge on any atom is 0.242 e. The topological polar surface area (TPSA) is 49.4 Å². The molecule has 1 N–H and O–H groups in total. The molecule has 5 heteroatoms. The van der Waals surface area contributed by atoms with Gasteiger partial charge in [-0.3, -0.25) is 9.59 Å². The van der Waals surface area contributed by atoms with Gasteiger partial charge in [-0.05, 0) is 43.9 Å². The van der Waals surface area contributed by atoms with Gasteiger partial charge in [-0.25, -0.2) is 4.39 Å². The van der Waals surface area contributed by atoms with Gasteiger partial charge in [0.1, 0.15) is 11.9 Å². The molecule has 1 aliphatic rings. The second-order valence-corrected chi connectivity index (χ2v) is 7.94. The highest BCUT2D eigenvalue weighted by molar-refractivity contribution is 5.88. The van der Waals surface area contributed by atoms with Crippen LogP contribution in [0.3, 0.4) is 0 Å². The summed E-state index contributed by atoms with van der Waals surface area (Å²) in [5, 5.41) is 3.08. The number of hydrogen-bond acceptors (Lipinski definition) is 2. The first-order chi connectivity index (χ1) is 13.9. The average molecular weight is 397 g/mol. The highest BCUT2D eigenvalue weighted by Gasteiger charge is 2.28. The molecule has 2 aromatic rings. The fourth-order valence-corrected chi connectivity index (χ4v) is 3.89. The molecule has 0 heterocycles. The fourth-order valence-electron chi connectivity index (χ4n) is 3.89. The van der Waals surface area contributed by atoms with Gasteiger partial charge in [-0.2, -0.15) is 0 Å². The van der Waals surface area contributed by atoms with Crippen LogP contribution >= 0.6 is 0 Å². The molecule has 0 bridgehead atoms. The molecule has 0 saturated heterocycles. The zero-order valence-electron chi connectivity index (χ0n) is 17.2. The molecule has 1 aliphatic carbocycles. The van der Waals surface area contributed by atoms with Crippen molar-refractivity contribution in [3.8, 4) is 0 Å². The van der Waals surface area contributed by atoms with Gasteiger partial charge in [0, 0.05) is 12.6 Å². The van der Waals surface area contributed by atoms with E-state index in [1.807, 2.05) is 31.2 Å². The van der Waals surface area contributed by atoms with Gasteiger partial charge in [0.15, 0.2) is 0 Å². The number of benzene rings is 2. The van der Waals surface area contributed by atoms with E-state index in [0.29, 0.717) is 12.1 Å². The second kappa shape index (κ2) is 9.68. The van der Waals surface area contributed by atoms with E-state index in [1.165, 1.54) is 6.07 Å². The van der Waals surface area contributed by atoms with Gasteiger partial charge in [0.2, 0.25) is 11.8 Å². The zero-order chi connectivity index (χ0) is 20.8. The number of carbonyl (C=O) groups excluding carboxylic acids is 2. The predicted octanol–water partition coefficient (Wildman–Crippen LogP) is 4.15. The molecule has 1 atom stereocenters. The molecule has 154 valence electrons. The zero-order valence-corrected chi connectivity index (χ0v) is 17.2. The van der Waals surface area contributed by atoms with Crippen LogP contribution in [0.1, 0.15) is 49.3 Å². The molecule has 0 aromatic heterocycles. The summed E-state index contributed by atoms with van der Waals surface area (Å²) in [6.45, 7) is 4.05. The van der Waals surface area contributed by atoms with Crippen molar-refractivity contribution in [2.45, 2.75) is 64.6 Å². The van der Waals surface area contributed by atoms with Crippen molar-refractivity contribution in [3.05, 3.63) is 71.0 Å². The Morgan fingerprint density at radius 1 is 1.14 bits per heavy atom. The van der Waals surface area contributed by atoms with Crippen molar-refractivity contribution >= 4 is 11.8 Å². The highest BCUT2D eigenvalue weighted by Crippen LogP contribution is 2.19. The molecule has 0 spiro atoms. The van der Waals surface area contributed by atoms with Crippen molar-refractivity contribution in [3.63, 3.8) is 0 Å². The first-order valence-corrected chi connectivity index (χ1v) is 10.3. The van der Waals surface area contributed by atoms with E-state index in [1.54, 1.807) is 30.0 Å². The minimum atomic E-state index is -0.629. The molecule has 4 nitrogen and oxygen atoms in total. The summed E-state index contributed by atoms with van der Waals surface area (Å²) in [6, 6.07) is 13.7. The van der Waals surface area contributed by atoms with E-state index >= 15 is 0 Å². The van der Waals surface area contributed by atoms with Crippen LogP contribution in [0.4, 0.5) is 4.39 Å². The third-order valence-corrected chi connectivity index (χ3v) is 5.60. The quantitative estimate of drug-likeness (QED) is 0.764. The number of rotatable bonds is 7. The molecular formula is C24H29FN2O2. The molecule has 0 aliphatic heterocycles. The van der Waals surface area contributed by atoms with Crippen molar-refractivity contribution in [2.75, 3.05) is 0 Å². The van der Waals surface area contributed by atoms with E-state index in [2.05, 4.69) is 5.32 Å². The first kappa shape index (κ1) is 21.0. The third-order valence-electron chi connectivity index (χ3n) is 5.60. The molecule has 2 amide bonds. The Hall–Kier alpha value is -2.69. The molecular weight excluding hydrogens is 367 g/mol. The summed E-state index contributed by atoms with van der Waals surface area (Å²) in [5.74, 6) is -0.809. The lowest BCUT2D eigenvalue weighted by molar-refractivity contribution is -0.140. The average Bonchev–Trinajstić information content (AvgIpc) is 3.20. The summed E-state index contributed by atoms with van der Waals surface area (Å²) >= 11 is 0. The SMILES string of the molecule is Cc1cccc(CN(C(=O)Cc2ccccc2F)[C@H](C)C(=O)NC2CCCC2)c1. The Morgan fingerprint density at radius 3 is 2.55 bits per heavy atom. The van der Waals surface area contributed by atoms with Crippen molar-refractivity contribution < 1.29 is 14.0 Å². The van der Waals surface area contributed by atoms with Gasteiger partial charge in [0.05, 0.1) is 6.42 Å². The highest BCUT2D eigenvalue weighted by atomic mass is 19.1. The summed E-state index contributed by atoms with van der Waals surface area (Å²) in [7, 11) is 0. The molecule has 1 fully saturated rings. The molecule has 3 rings (SSSR count). The standard InChI is InChI=1S/C24H29FN2O2/c1-17-8-7-9-19(14-17)16-27(18(2)24(29)26-21-11-4-5-12-21)23(28)15-20-10-3-6-13-22(20)25/h3,6-10,13-14,18,21H,4-5,11-12,15-16H2,1-2H3,(H,26,29)/t18-/m1/s1. The number of carbonyl (C=O) groups is 2. The molecule has 0 radical (unpaired) electrons. The molecule has 2 aromatic carbocycles. The lowest BCUT2D eigenvalue weighted by Gasteiger charge is -2.30. The van der Waals surface area contributed by atoms with Crippen LogP contribution in [0.5, 0.6) is 0 Å². The smallest absolute Gasteiger partial charge is 0.242 e. The maximum atomic E-state index is 14.1. The van der Waals surface area contributed by atoms with Gasteiger partial charge in [-0.15, -0.1) is 0 Å². The van der Waals surface area contributed by atoms with E-state index in [9.17, 15) is 14.0 Å². The number of nitrogens with zero attached hydrogens (tertiary/aromatic N) is 1. The number of halogens is 1. The van der Waals surface area contributed by atoms with Crippen LogP contribution in [0.2, 0.25) is 0 Å². The molecule has 1 saturated carbocycles. The Kier molecular flexibility index (Phi) is 7.02. The van der Waals surface area contributed by atoms with Crippen LogP contribution in [0.25, 0.3) is 0 Å². The number of hydrogen-bond donors (Lipinski definition) is 1. The molecule has 0 unspecified atom stereocenters. The van der Waals surface area contributed by atoms with Crippen LogP contribution in [-0.2, 0) is 22.6 Å². The van der Waals surface area contributed by atoms with Gasteiger partial charge >= 0.3 is 0 Å².